The number of amides is 2. The molecule has 2 aliphatic heterocycles. The Labute approximate surface area is 177 Å². The molecule has 2 amide bonds. The average Bonchev–Trinajstić information content (AvgIpc) is 3.32. The number of hydrogen-bond donors (Lipinski definition) is 1. The Balaban J connectivity index is 1.57. The zero-order chi connectivity index (χ0) is 22.1. The van der Waals surface area contributed by atoms with E-state index in [9.17, 15) is 18.8 Å². The van der Waals surface area contributed by atoms with E-state index in [2.05, 4.69) is 5.32 Å². The van der Waals surface area contributed by atoms with Gasteiger partial charge in [0.1, 0.15) is 17.4 Å². The standard InChI is InChI=1S/C22H21FN2O6/c1-29-16-9-7-14-18(19(16)30-2)22(28)31-21(14)25-15(8-10-17(25)26)20(27)24-11-12-3-5-13(23)6-4-12/h3-7,9,15,21H,8,10-11H2,1-2H3,(H,24,27)/t15-,21?/m0/s1. The first-order valence-corrected chi connectivity index (χ1v) is 9.73. The molecular weight excluding hydrogens is 407 g/mol. The van der Waals surface area contributed by atoms with E-state index in [1.54, 1.807) is 24.3 Å². The van der Waals surface area contributed by atoms with Crippen molar-refractivity contribution >= 4 is 17.8 Å². The van der Waals surface area contributed by atoms with Crippen LogP contribution in [-0.2, 0) is 20.9 Å². The first kappa shape index (κ1) is 20.6. The third-order valence-electron chi connectivity index (χ3n) is 5.46. The summed E-state index contributed by atoms with van der Waals surface area (Å²) in [7, 11) is 2.86. The number of nitrogens with zero attached hydrogens (tertiary/aromatic N) is 1. The van der Waals surface area contributed by atoms with E-state index in [-0.39, 0.29) is 41.9 Å². The largest absolute Gasteiger partial charge is 0.493 e. The molecule has 0 spiro atoms. The number of rotatable bonds is 6. The summed E-state index contributed by atoms with van der Waals surface area (Å²) >= 11 is 0. The topological polar surface area (TPSA) is 94.2 Å². The van der Waals surface area contributed by atoms with Crippen LogP contribution in [0.2, 0.25) is 0 Å². The first-order valence-electron chi connectivity index (χ1n) is 9.73. The molecule has 2 atom stereocenters. The summed E-state index contributed by atoms with van der Waals surface area (Å²) in [5, 5.41) is 2.77. The number of carbonyl (C=O) groups is 3. The van der Waals surface area contributed by atoms with Gasteiger partial charge in [-0.2, -0.15) is 0 Å². The van der Waals surface area contributed by atoms with Crippen molar-refractivity contribution in [1.29, 1.82) is 0 Å². The smallest absolute Gasteiger partial charge is 0.344 e. The highest BCUT2D eigenvalue weighted by Gasteiger charge is 2.47. The van der Waals surface area contributed by atoms with Crippen molar-refractivity contribution in [3.8, 4) is 11.5 Å². The number of hydrogen-bond acceptors (Lipinski definition) is 6. The van der Waals surface area contributed by atoms with E-state index in [1.165, 1.54) is 31.3 Å². The number of ether oxygens (including phenoxy) is 3. The van der Waals surface area contributed by atoms with E-state index >= 15 is 0 Å². The van der Waals surface area contributed by atoms with Gasteiger partial charge in [-0.1, -0.05) is 12.1 Å². The monoisotopic (exact) mass is 428 g/mol. The van der Waals surface area contributed by atoms with Gasteiger partial charge in [0.15, 0.2) is 11.5 Å². The van der Waals surface area contributed by atoms with Crippen LogP contribution in [0, 0.1) is 5.82 Å². The molecule has 2 aliphatic rings. The van der Waals surface area contributed by atoms with Gasteiger partial charge in [0, 0.05) is 18.5 Å². The quantitative estimate of drug-likeness (QED) is 0.710. The molecule has 1 N–H and O–H groups in total. The summed E-state index contributed by atoms with van der Waals surface area (Å²) in [6.07, 6.45) is -0.574. The van der Waals surface area contributed by atoms with Crippen molar-refractivity contribution in [3.05, 3.63) is 58.9 Å². The number of fused-ring (bicyclic) bond motifs is 1. The fraction of sp³-hybridized carbons (Fsp3) is 0.318. The van der Waals surface area contributed by atoms with Gasteiger partial charge in [0.2, 0.25) is 18.0 Å². The molecule has 9 heteroatoms. The minimum Gasteiger partial charge on any atom is -0.493 e. The van der Waals surface area contributed by atoms with Crippen molar-refractivity contribution in [2.24, 2.45) is 0 Å². The van der Waals surface area contributed by atoms with Crippen LogP contribution >= 0.6 is 0 Å². The Bertz CT molecular complexity index is 1040. The third kappa shape index (κ3) is 3.67. The predicted molar refractivity (Wildman–Crippen MR) is 106 cm³/mol. The third-order valence-corrected chi connectivity index (χ3v) is 5.46. The molecule has 0 radical (unpaired) electrons. The lowest BCUT2D eigenvalue weighted by Crippen LogP contribution is -2.46. The Morgan fingerprint density at radius 3 is 2.58 bits per heavy atom. The van der Waals surface area contributed by atoms with E-state index in [4.69, 9.17) is 14.2 Å². The molecule has 2 heterocycles. The fourth-order valence-corrected chi connectivity index (χ4v) is 3.95. The number of esters is 1. The number of nitrogens with one attached hydrogen (secondary N) is 1. The highest BCUT2D eigenvalue weighted by Crippen LogP contribution is 2.45. The van der Waals surface area contributed by atoms with E-state index in [0.29, 0.717) is 17.7 Å². The Hall–Kier alpha value is -3.62. The molecule has 0 aromatic heterocycles. The molecule has 2 aromatic rings. The van der Waals surface area contributed by atoms with Crippen LogP contribution in [-0.4, -0.2) is 42.9 Å². The normalized spacial score (nSPS) is 19.8. The number of likely N-dealkylation sites (tertiary alicyclic amines) is 1. The van der Waals surface area contributed by atoms with Gasteiger partial charge in [-0.15, -0.1) is 0 Å². The van der Waals surface area contributed by atoms with Crippen LogP contribution in [0.3, 0.4) is 0 Å². The van der Waals surface area contributed by atoms with Gasteiger partial charge in [-0.25, -0.2) is 9.18 Å². The van der Waals surface area contributed by atoms with Crippen LogP contribution in [0.25, 0.3) is 0 Å². The summed E-state index contributed by atoms with van der Waals surface area (Å²) in [6.45, 7) is 0.184. The maximum absolute atomic E-state index is 13.1. The highest BCUT2D eigenvalue weighted by atomic mass is 19.1. The molecule has 0 aliphatic carbocycles. The summed E-state index contributed by atoms with van der Waals surface area (Å²) in [4.78, 5) is 39.4. The summed E-state index contributed by atoms with van der Waals surface area (Å²) in [6, 6.07) is 8.21. The van der Waals surface area contributed by atoms with Gasteiger partial charge >= 0.3 is 5.97 Å². The van der Waals surface area contributed by atoms with Crippen LogP contribution in [0.5, 0.6) is 11.5 Å². The van der Waals surface area contributed by atoms with E-state index in [1.807, 2.05) is 0 Å². The zero-order valence-corrected chi connectivity index (χ0v) is 17.0. The lowest BCUT2D eigenvalue weighted by molar-refractivity contribution is -0.145. The molecule has 8 nitrogen and oxygen atoms in total. The van der Waals surface area contributed by atoms with Gasteiger partial charge in [0.25, 0.3) is 0 Å². The van der Waals surface area contributed by atoms with Crippen molar-refractivity contribution in [3.63, 3.8) is 0 Å². The minimum atomic E-state index is -1.03. The van der Waals surface area contributed by atoms with Gasteiger partial charge in [0.05, 0.1) is 14.2 Å². The zero-order valence-electron chi connectivity index (χ0n) is 17.0. The number of methoxy groups -OCH3 is 2. The lowest BCUT2D eigenvalue weighted by Gasteiger charge is -2.29. The maximum atomic E-state index is 13.1. The van der Waals surface area contributed by atoms with Crippen LogP contribution < -0.4 is 14.8 Å². The molecule has 0 saturated carbocycles. The van der Waals surface area contributed by atoms with Crippen molar-refractivity contribution in [2.45, 2.75) is 31.7 Å². The minimum absolute atomic E-state index is 0.158. The number of halogens is 1. The lowest BCUT2D eigenvalue weighted by atomic mass is 10.1. The molecule has 1 fully saturated rings. The van der Waals surface area contributed by atoms with Gasteiger partial charge < -0.3 is 19.5 Å². The Morgan fingerprint density at radius 1 is 1.16 bits per heavy atom. The molecule has 1 saturated heterocycles. The first-order chi connectivity index (χ1) is 14.9. The van der Waals surface area contributed by atoms with Crippen LogP contribution in [0.15, 0.2) is 36.4 Å². The van der Waals surface area contributed by atoms with E-state index < -0.39 is 18.2 Å². The SMILES string of the molecule is COc1ccc2c(c1OC)C(=O)OC2N1C(=O)CC[C@H]1C(=O)NCc1ccc(F)cc1. The van der Waals surface area contributed by atoms with Gasteiger partial charge in [-0.3, -0.25) is 14.5 Å². The molecule has 31 heavy (non-hydrogen) atoms. The van der Waals surface area contributed by atoms with Crippen molar-refractivity contribution < 1.29 is 33.0 Å². The molecule has 4 rings (SSSR count). The molecule has 0 bridgehead atoms. The second-order valence-electron chi connectivity index (χ2n) is 7.22. The Kier molecular flexibility index (Phi) is 5.50. The molecule has 2 aromatic carbocycles. The predicted octanol–water partition coefficient (Wildman–Crippen LogP) is 2.32. The molecule has 1 unspecified atom stereocenters. The second kappa shape index (κ2) is 8.25. The van der Waals surface area contributed by atoms with Gasteiger partial charge in [-0.05, 0) is 36.2 Å². The van der Waals surface area contributed by atoms with Crippen molar-refractivity contribution in [1.82, 2.24) is 10.2 Å². The van der Waals surface area contributed by atoms with Crippen molar-refractivity contribution in [2.75, 3.05) is 14.2 Å². The number of benzene rings is 2. The summed E-state index contributed by atoms with van der Waals surface area (Å²) in [5.41, 5.74) is 1.34. The second-order valence-corrected chi connectivity index (χ2v) is 7.22. The highest BCUT2D eigenvalue weighted by molar-refractivity contribution is 5.99. The van der Waals surface area contributed by atoms with E-state index in [0.717, 1.165) is 5.56 Å². The Morgan fingerprint density at radius 2 is 1.90 bits per heavy atom. The number of cyclic esters (lactones) is 1. The maximum Gasteiger partial charge on any atom is 0.344 e. The fourth-order valence-electron chi connectivity index (χ4n) is 3.95. The summed E-state index contributed by atoms with van der Waals surface area (Å²) < 4.78 is 29.1. The average molecular weight is 428 g/mol. The molecule has 162 valence electrons. The number of carbonyl (C=O) groups excluding carboxylic acids is 3. The molecular formula is C22H21FN2O6. The van der Waals surface area contributed by atoms with Crippen LogP contribution in [0.1, 0.15) is 40.6 Å². The summed E-state index contributed by atoms with van der Waals surface area (Å²) in [5.74, 6) is -1.10. The van der Waals surface area contributed by atoms with Crippen LogP contribution in [0.4, 0.5) is 4.39 Å².